The van der Waals surface area contributed by atoms with E-state index >= 15 is 0 Å². The summed E-state index contributed by atoms with van der Waals surface area (Å²) in [5.41, 5.74) is 5.92. The summed E-state index contributed by atoms with van der Waals surface area (Å²) in [6.45, 7) is 6.59. The first-order valence-electron chi connectivity index (χ1n) is 6.57. The number of nitrogens with zero attached hydrogens (tertiary/aromatic N) is 2. The zero-order valence-corrected chi connectivity index (χ0v) is 11.5. The summed E-state index contributed by atoms with van der Waals surface area (Å²) in [5.74, 6) is 0.386. The number of hydrogen-bond donors (Lipinski definition) is 1. The molecule has 0 amide bonds. The molecule has 0 radical (unpaired) electrons. The number of benzene rings is 1. The van der Waals surface area contributed by atoms with E-state index in [0.29, 0.717) is 5.92 Å². The highest BCUT2D eigenvalue weighted by molar-refractivity contribution is 5.47. The Kier molecular flexibility index (Phi) is 2.50. The SMILES string of the molecule is Cc1cc(C#N)ccc1C1CC(C)(C)c2[nH]ncc21. The fraction of sp³-hybridized carbons (Fsp3) is 0.375. The second-order valence-corrected chi connectivity index (χ2v) is 6.02. The van der Waals surface area contributed by atoms with Gasteiger partial charge in [-0.1, -0.05) is 19.9 Å². The maximum atomic E-state index is 8.96. The Labute approximate surface area is 113 Å². The Bertz CT molecular complexity index is 674. The van der Waals surface area contributed by atoms with Crippen LogP contribution in [-0.4, -0.2) is 10.2 Å². The Morgan fingerprint density at radius 2 is 2.16 bits per heavy atom. The first-order chi connectivity index (χ1) is 9.03. The number of fused-ring (bicyclic) bond motifs is 1. The molecule has 3 nitrogen and oxygen atoms in total. The molecule has 96 valence electrons. The van der Waals surface area contributed by atoms with Crippen molar-refractivity contribution in [3.63, 3.8) is 0 Å². The molecule has 0 saturated carbocycles. The van der Waals surface area contributed by atoms with Crippen LogP contribution in [0.5, 0.6) is 0 Å². The lowest BCUT2D eigenvalue weighted by molar-refractivity contribution is 0.482. The molecule has 0 bridgehead atoms. The molecule has 1 aromatic heterocycles. The fourth-order valence-corrected chi connectivity index (χ4v) is 3.24. The van der Waals surface area contributed by atoms with Gasteiger partial charge in [0.05, 0.1) is 17.8 Å². The molecule has 3 rings (SSSR count). The second kappa shape index (κ2) is 3.96. The third kappa shape index (κ3) is 1.76. The minimum atomic E-state index is 0.136. The number of aryl methyl sites for hydroxylation is 1. The van der Waals surface area contributed by atoms with Gasteiger partial charge in [0.1, 0.15) is 0 Å². The molecule has 1 N–H and O–H groups in total. The molecule has 3 heteroatoms. The lowest BCUT2D eigenvalue weighted by Crippen LogP contribution is -2.14. The van der Waals surface area contributed by atoms with Crippen molar-refractivity contribution in [3.05, 3.63) is 52.3 Å². The summed E-state index contributed by atoms with van der Waals surface area (Å²) in [5, 5.41) is 16.3. The maximum absolute atomic E-state index is 8.96. The normalized spacial score (nSPS) is 20.0. The molecule has 0 saturated heterocycles. The zero-order valence-electron chi connectivity index (χ0n) is 11.5. The van der Waals surface area contributed by atoms with Gasteiger partial charge < -0.3 is 0 Å². The molecule has 1 unspecified atom stereocenters. The monoisotopic (exact) mass is 251 g/mol. The summed E-state index contributed by atoms with van der Waals surface area (Å²) < 4.78 is 0. The number of nitrogens with one attached hydrogen (secondary N) is 1. The Morgan fingerprint density at radius 3 is 2.84 bits per heavy atom. The van der Waals surface area contributed by atoms with E-state index in [4.69, 9.17) is 5.26 Å². The smallest absolute Gasteiger partial charge is 0.0991 e. The van der Waals surface area contributed by atoms with E-state index in [-0.39, 0.29) is 5.41 Å². The number of rotatable bonds is 1. The van der Waals surface area contributed by atoms with Gasteiger partial charge in [0.25, 0.3) is 0 Å². The van der Waals surface area contributed by atoms with Gasteiger partial charge in [-0.05, 0) is 36.6 Å². The van der Waals surface area contributed by atoms with Crippen molar-refractivity contribution >= 4 is 0 Å². The number of hydrogen-bond acceptors (Lipinski definition) is 2. The van der Waals surface area contributed by atoms with Gasteiger partial charge in [0.2, 0.25) is 0 Å². The quantitative estimate of drug-likeness (QED) is 0.844. The van der Waals surface area contributed by atoms with Crippen molar-refractivity contribution in [1.29, 1.82) is 5.26 Å². The van der Waals surface area contributed by atoms with Gasteiger partial charge in [0, 0.05) is 22.6 Å². The molecule has 0 spiro atoms. The molecular formula is C16H17N3. The van der Waals surface area contributed by atoms with Crippen molar-refractivity contribution in [1.82, 2.24) is 10.2 Å². The molecule has 1 aliphatic carbocycles. The van der Waals surface area contributed by atoms with Crippen LogP contribution >= 0.6 is 0 Å². The van der Waals surface area contributed by atoms with Gasteiger partial charge in [-0.2, -0.15) is 10.4 Å². The van der Waals surface area contributed by atoms with Crippen LogP contribution in [0.1, 0.15) is 54.1 Å². The maximum Gasteiger partial charge on any atom is 0.0991 e. The first kappa shape index (κ1) is 12.0. The summed E-state index contributed by atoms with van der Waals surface area (Å²) >= 11 is 0. The number of aromatic nitrogens is 2. The Morgan fingerprint density at radius 1 is 1.37 bits per heavy atom. The van der Waals surface area contributed by atoms with Crippen LogP contribution in [0.15, 0.2) is 24.4 Å². The third-order valence-electron chi connectivity index (χ3n) is 4.21. The minimum Gasteiger partial charge on any atom is -0.282 e. The lowest BCUT2D eigenvalue weighted by Gasteiger charge is -2.19. The molecule has 1 aromatic carbocycles. The van der Waals surface area contributed by atoms with Gasteiger partial charge >= 0.3 is 0 Å². The van der Waals surface area contributed by atoms with Crippen LogP contribution in [0.3, 0.4) is 0 Å². The van der Waals surface area contributed by atoms with E-state index < -0.39 is 0 Å². The molecule has 1 heterocycles. The summed E-state index contributed by atoms with van der Waals surface area (Å²) in [6.07, 6.45) is 3.04. The van der Waals surface area contributed by atoms with E-state index in [0.717, 1.165) is 12.0 Å². The fourth-order valence-electron chi connectivity index (χ4n) is 3.24. The Balaban J connectivity index is 2.09. The number of nitriles is 1. The highest BCUT2D eigenvalue weighted by atomic mass is 15.1. The minimum absolute atomic E-state index is 0.136. The molecule has 0 fully saturated rings. The molecule has 0 aliphatic heterocycles. The van der Waals surface area contributed by atoms with E-state index in [1.54, 1.807) is 0 Å². The van der Waals surface area contributed by atoms with Gasteiger partial charge in [-0.15, -0.1) is 0 Å². The zero-order chi connectivity index (χ0) is 13.6. The van der Waals surface area contributed by atoms with Crippen LogP contribution in [0.4, 0.5) is 0 Å². The highest BCUT2D eigenvalue weighted by Gasteiger charge is 2.39. The summed E-state index contributed by atoms with van der Waals surface area (Å²) in [6, 6.07) is 8.17. The summed E-state index contributed by atoms with van der Waals surface area (Å²) in [7, 11) is 0. The predicted molar refractivity (Wildman–Crippen MR) is 74.0 cm³/mol. The van der Waals surface area contributed by atoms with E-state index in [2.05, 4.69) is 43.1 Å². The first-order valence-corrected chi connectivity index (χ1v) is 6.57. The molecule has 1 aliphatic rings. The topological polar surface area (TPSA) is 52.5 Å². The van der Waals surface area contributed by atoms with Crippen molar-refractivity contribution in [2.45, 2.75) is 38.5 Å². The van der Waals surface area contributed by atoms with E-state index in [1.807, 2.05) is 18.3 Å². The van der Waals surface area contributed by atoms with Crippen molar-refractivity contribution in [3.8, 4) is 6.07 Å². The van der Waals surface area contributed by atoms with Gasteiger partial charge in [-0.3, -0.25) is 5.10 Å². The average molecular weight is 251 g/mol. The standard InChI is InChI=1S/C16H17N3/c1-10-6-11(8-17)4-5-12(10)13-7-16(2,3)15-14(13)9-18-19-15/h4-6,9,13H,7H2,1-3H3,(H,18,19). The van der Waals surface area contributed by atoms with Crippen LogP contribution in [-0.2, 0) is 5.41 Å². The predicted octanol–water partition coefficient (Wildman–Crippen LogP) is 3.40. The lowest BCUT2D eigenvalue weighted by atomic mass is 9.85. The van der Waals surface area contributed by atoms with Gasteiger partial charge in [-0.25, -0.2) is 0 Å². The molecule has 19 heavy (non-hydrogen) atoms. The molecule has 2 aromatic rings. The van der Waals surface area contributed by atoms with Crippen molar-refractivity contribution < 1.29 is 0 Å². The average Bonchev–Trinajstić information content (AvgIpc) is 2.93. The van der Waals surface area contributed by atoms with Crippen LogP contribution in [0.25, 0.3) is 0 Å². The highest BCUT2D eigenvalue weighted by Crippen LogP contribution is 2.48. The second-order valence-electron chi connectivity index (χ2n) is 6.02. The van der Waals surface area contributed by atoms with Crippen molar-refractivity contribution in [2.24, 2.45) is 0 Å². The van der Waals surface area contributed by atoms with Crippen LogP contribution in [0.2, 0.25) is 0 Å². The van der Waals surface area contributed by atoms with Gasteiger partial charge in [0.15, 0.2) is 0 Å². The van der Waals surface area contributed by atoms with E-state index in [1.165, 1.54) is 22.4 Å². The Hall–Kier alpha value is -2.08. The molecular weight excluding hydrogens is 234 g/mol. The number of H-pyrrole nitrogens is 1. The van der Waals surface area contributed by atoms with Crippen molar-refractivity contribution in [2.75, 3.05) is 0 Å². The largest absolute Gasteiger partial charge is 0.282 e. The molecule has 1 atom stereocenters. The van der Waals surface area contributed by atoms with Crippen LogP contribution in [0, 0.1) is 18.3 Å². The number of aromatic amines is 1. The third-order valence-corrected chi connectivity index (χ3v) is 4.21. The van der Waals surface area contributed by atoms with Crippen LogP contribution < -0.4 is 0 Å². The van der Waals surface area contributed by atoms with E-state index in [9.17, 15) is 0 Å². The summed E-state index contributed by atoms with van der Waals surface area (Å²) in [4.78, 5) is 0.